The van der Waals surface area contributed by atoms with Crippen LogP contribution in [0, 0.1) is 12.8 Å². The number of carboxylic acid groups (broad SMARTS) is 1. The predicted molar refractivity (Wildman–Crippen MR) is 184 cm³/mol. The van der Waals surface area contributed by atoms with Gasteiger partial charge in [-0.1, -0.05) is 37.1 Å². The SMILES string of the molecule is COc1cc(CN2C(=O)N(C(CC3CC3)C(=O)NC(CC(=O)O)c3ccncc3)C(=O)C2(C)C)ccc1NC(=O)Nc1ccccc1C.Cl. The highest BCUT2D eigenvalue weighted by Crippen LogP contribution is 2.39. The summed E-state index contributed by atoms with van der Waals surface area (Å²) in [5, 5.41) is 17.9. The second-order valence-electron chi connectivity index (χ2n) is 12.7. The highest BCUT2D eigenvalue weighted by atomic mass is 35.5. The van der Waals surface area contributed by atoms with Crippen molar-refractivity contribution in [1.29, 1.82) is 0 Å². The average molecular weight is 693 g/mol. The lowest BCUT2D eigenvalue weighted by atomic mass is 10.0. The van der Waals surface area contributed by atoms with Crippen molar-refractivity contribution < 1.29 is 33.8 Å². The number of urea groups is 2. The molecular formula is C35H41ClN6O7. The molecule has 13 nitrogen and oxygen atoms in total. The molecule has 6 amide bonds. The summed E-state index contributed by atoms with van der Waals surface area (Å²) in [6.45, 7) is 5.17. The molecule has 0 bridgehead atoms. The Hall–Kier alpha value is -5.17. The smallest absolute Gasteiger partial charge is 0.328 e. The number of nitrogens with zero attached hydrogens (tertiary/aromatic N) is 3. The number of aryl methyl sites for hydroxylation is 1. The van der Waals surface area contributed by atoms with E-state index in [4.69, 9.17) is 4.74 Å². The largest absolute Gasteiger partial charge is 0.495 e. The first kappa shape index (κ1) is 36.7. The monoisotopic (exact) mass is 692 g/mol. The number of para-hydroxylation sites is 1. The summed E-state index contributed by atoms with van der Waals surface area (Å²) in [5.74, 6) is -1.70. The van der Waals surface area contributed by atoms with Gasteiger partial charge in [-0.3, -0.25) is 19.4 Å². The number of carbonyl (C=O) groups excluding carboxylic acids is 4. The molecule has 1 saturated carbocycles. The van der Waals surface area contributed by atoms with E-state index in [0.717, 1.165) is 23.3 Å². The number of pyridine rings is 1. The summed E-state index contributed by atoms with van der Waals surface area (Å²) in [5.41, 5.74) is 1.87. The molecule has 2 atom stereocenters. The normalized spacial score (nSPS) is 16.3. The second-order valence-corrected chi connectivity index (χ2v) is 12.7. The third-order valence-corrected chi connectivity index (χ3v) is 8.77. The summed E-state index contributed by atoms with van der Waals surface area (Å²) in [6, 6.07) is 12.6. The van der Waals surface area contributed by atoms with Gasteiger partial charge in [-0.05, 0) is 80.1 Å². The van der Waals surface area contributed by atoms with Crippen molar-refractivity contribution in [2.75, 3.05) is 17.7 Å². The molecule has 14 heteroatoms. The van der Waals surface area contributed by atoms with Crippen LogP contribution in [0.4, 0.5) is 21.0 Å². The van der Waals surface area contributed by atoms with E-state index in [9.17, 15) is 29.1 Å². The molecule has 2 aromatic carbocycles. The zero-order chi connectivity index (χ0) is 34.6. The minimum Gasteiger partial charge on any atom is -0.495 e. The van der Waals surface area contributed by atoms with Gasteiger partial charge in [-0.15, -0.1) is 12.4 Å². The molecule has 3 aromatic rings. The number of halogens is 1. The van der Waals surface area contributed by atoms with E-state index < -0.39 is 47.5 Å². The van der Waals surface area contributed by atoms with Crippen molar-refractivity contribution in [1.82, 2.24) is 20.1 Å². The van der Waals surface area contributed by atoms with Crippen LogP contribution in [0.1, 0.15) is 62.3 Å². The van der Waals surface area contributed by atoms with Gasteiger partial charge in [0.1, 0.15) is 17.3 Å². The van der Waals surface area contributed by atoms with Gasteiger partial charge in [0.05, 0.1) is 25.3 Å². The third-order valence-electron chi connectivity index (χ3n) is 8.77. The van der Waals surface area contributed by atoms with Crippen molar-refractivity contribution in [3.63, 3.8) is 0 Å². The molecule has 1 saturated heterocycles. The Labute approximate surface area is 290 Å². The minimum absolute atomic E-state index is 0. The van der Waals surface area contributed by atoms with Gasteiger partial charge in [0.2, 0.25) is 5.91 Å². The molecule has 1 aliphatic carbocycles. The third kappa shape index (κ3) is 8.47. The van der Waals surface area contributed by atoms with Gasteiger partial charge in [-0.25, -0.2) is 14.5 Å². The number of benzene rings is 2. The first-order valence-corrected chi connectivity index (χ1v) is 15.8. The number of hydrogen-bond donors (Lipinski definition) is 4. The lowest BCUT2D eigenvalue weighted by molar-refractivity contribution is -0.140. The van der Waals surface area contributed by atoms with Gasteiger partial charge >= 0.3 is 18.0 Å². The highest BCUT2D eigenvalue weighted by molar-refractivity contribution is 6.09. The summed E-state index contributed by atoms with van der Waals surface area (Å²) >= 11 is 0. The van der Waals surface area contributed by atoms with Crippen LogP contribution in [-0.4, -0.2) is 68.4 Å². The number of hydrogen-bond acceptors (Lipinski definition) is 7. The van der Waals surface area contributed by atoms with E-state index in [1.54, 1.807) is 50.2 Å². The molecule has 49 heavy (non-hydrogen) atoms. The molecule has 2 unspecified atom stereocenters. The van der Waals surface area contributed by atoms with Crippen LogP contribution in [0.25, 0.3) is 0 Å². The zero-order valence-corrected chi connectivity index (χ0v) is 28.6. The molecule has 2 fully saturated rings. The fourth-order valence-corrected chi connectivity index (χ4v) is 5.80. The second kappa shape index (κ2) is 15.4. The van der Waals surface area contributed by atoms with E-state index in [0.29, 0.717) is 28.3 Å². The van der Waals surface area contributed by atoms with Crippen LogP contribution in [0.15, 0.2) is 67.0 Å². The van der Waals surface area contributed by atoms with Gasteiger partial charge in [-0.2, -0.15) is 0 Å². The minimum atomic E-state index is -1.29. The molecule has 5 rings (SSSR count). The number of carbonyl (C=O) groups is 5. The van der Waals surface area contributed by atoms with Crippen LogP contribution < -0.4 is 20.7 Å². The first-order valence-electron chi connectivity index (χ1n) is 15.8. The van der Waals surface area contributed by atoms with Crippen molar-refractivity contribution in [3.05, 3.63) is 83.7 Å². The molecule has 260 valence electrons. The van der Waals surface area contributed by atoms with Gasteiger partial charge in [0, 0.05) is 24.6 Å². The van der Waals surface area contributed by atoms with Crippen LogP contribution in [0.2, 0.25) is 0 Å². The predicted octanol–water partition coefficient (Wildman–Crippen LogP) is 5.51. The summed E-state index contributed by atoms with van der Waals surface area (Å²) in [6.07, 6.45) is 4.65. The number of ether oxygens (including phenoxy) is 1. The fourth-order valence-electron chi connectivity index (χ4n) is 5.80. The maximum Gasteiger partial charge on any atom is 0.328 e. The number of methoxy groups -OCH3 is 1. The van der Waals surface area contributed by atoms with Crippen LogP contribution in [0.3, 0.4) is 0 Å². The quantitative estimate of drug-likeness (QED) is 0.170. The number of amides is 6. The van der Waals surface area contributed by atoms with Gasteiger partial charge in [0.15, 0.2) is 0 Å². The van der Waals surface area contributed by atoms with E-state index in [-0.39, 0.29) is 37.7 Å². The Bertz CT molecular complexity index is 1720. The molecular weight excluding hydrogens is 652 g/mol. The Morgan fingerprint density at radius 2 is 1.69 bits per heavy atom. The Kier molecular flexibility index (Phi) is 11.5. The molecule has 4 N–H and O–H groups in total. The molecule has 2 aliphatic rings. The number of carboxylic acids is 1. The Morgan fingerprint density at radius 1 is 1.02 bits per heavy atom. The van der Waals surface area contributed by atoms with Crippen molar-refractivity contribution >= 4 is 53.6 Å². The molecule has 2 heterocycles. The van der Waals surface area contributed by atoms with Gasteiger partial charge in [0.25, 0.3) is 5.91 Å². The first-order chi connectivity index (χ1) is 22.9. The van der Waals surface area contributed by atoms with Gasteiger partial charge < -0.3 is 30.7 Å². The number of rotatable bonds is 13. The Morgan fingerprint density at radius 3 is 2.33 bits per heavy atom. The van der Waals surface area contributed by atoms with E-state index >= 15 is 0 Å². The summed E-state index contributed by atoms with van der Waals surface area (Å²) in [4.78, 5) is 72.6. The van der Waals surface area contributed by atoms with Crippen molar-refractivity contribution in [2.24, 2.45) is 5.92 Å². The van der Waals surface area contributed by atoms with Crippen LogP contribution >= 0.6 is 12.4 Å². The number of aliphatic carboxylic acids is 1. The number of nitrogens with one attached hydrogen (secondary N) is 3. The van der Waals surface area contributed by atoms with Crippen molar-refractivity contribution in [2.45, 2.75) is 70.6 Å². The topological polar surface area (TPSA) is 170 Å². The molecule has 0 spiro atoms. The maximum absolute atomic E-state index is 14.0. The maximum atomic E-state index is 14.0. The van der Waals surface area contributed by atoms with Crippen molar-refractivity contribution in [3.8, 4) is 5.75 Å². The van der Waals surface area contributed by atoms with Crippen LogP contribution in [-0.2, 0) is 20.9 Å². The average Bonchev–Trinajstić information content (AvgIpc) is 3.86. The van der Waals surface area contributed by atoms with E-state index in [1.165, 1.54) is 24.4 Å². The summed E-state index contributed by atoms with van der Waals surface area (Å²) < 4.78 is 5.55. The fraction of sp³-hybridized carbons (Fsp3) is 0.371. The zero-order valence-electron chi connectivity index (χ0n) is 27.8. The number of anilines is 2. The molecule has 1 aromatic heterocycles. The van der Waals surface area contributed by atoms with Crippen LogP contribution in [0.5, 0.6) is 5.75 Å². The highest BCUT2D eigenvalue weighted by Gasteiger charge is 2.55. The summed E-state index contributed by atoms with van der Waals surface area (Å²) in [7, 11) is 1.46. The Balaban J connectivity index is 0.00000541. The number of aromatic nitrogens is 1. The number of imide groups is 1. The lowest BCUT2D eigenvalue weighted by Gasteiger charge is -2.28. The van der Waals surface area contributed by atoms with E-state index in [1.807, 2.05) is 25.1 Å². The molecule has 1 aliphatic heterocycles. The van der Waals surface area contributed by atoms with E-state index in [2.05, 4.69) is 20.9 Å². The lowest BCUT2D eigenvalue weighted by Crippen LogP contribution is -2.51. The molecule has 0 radical (unpaired) electrons. The standard InChI is InChI=1S/C35H40N6O7.ClH/c1-21-7-5-6-8-25(21)38-33(46)39-26-12-11-23(18-29(26)48-4)20-40-34(47)41(32(45)35(40,2)3)28(17-22-9-10-22)31(44)37-27(19-30(42)43)24-13-15-36-16-14-24;/h5-8,11-16,18,22,27-28H,9-10,17,19-20H2,1-4H3,(H,37,44)(H,42,43)(H2,38,39,46);1H.